The van der Waals surface area contributed by atoms with Gasteiger partial charge in [0.2, 0.25) is 0 Å². The molecule has 0 atom stereocenters. The van der Waals surface area contributed by atoms with E-state index in [-0.39, 0.29) is 0 Å². The molecule has 0 aromatic carbocycles. The highest BCUT2D eigenvalue weighted by Crippen LogP contribution is 2.31. The van der Waals surface area contributed by atoms with Crippen molar-refractivity contribution < 1.29 is 0 Å². The maximum Gasteiger partial charge on any atom is 0.197 e. The van der Waals surface area contributed by atoms with Gasteiger partial charge in [-0.3, -0.25) is 0 Å². The number of fused-ring (bicyclic) bond motifs is 1. The van der Waals surface area contributed by atoms with Gasteiger partial charge in [-0.1, -0.05) is 6.08 Å². The number of hydrogen-bond donors (Lipinski definition) is 0. The lowest BCUT2D eigenvalue weighted by Crippen LogP contribution is -1.96. The normalized spacial score (nSPS) is 10.9. The zero-order valence-electron chi connectivity index (χ0n) is 9.35. The molecule has 0 unspecified atom stereocenters. The topological polar surface area (TPSA) is 56.5 Å². The zero-order valence-corrected chi connectivity index (χ0v) is 11.0. The predicted octanol–water partition coefficient (Wildman–Crippen LogP) is 2.62. The molecule has 3 aromatic heterocycles. The van der Waals surface area contributed by atoms with Crippen LogP contribution < -0.4 is 0 Å². The number of thiophene rings is 1. The van der Waals surface area contributed by atoms with Crippen LogP contribution in [0.3, 0.4) is 0 Å². The molecule has 0 saturated heterocycles. The third kappa shape index (κ3) is 2.02. The maximum absolute atomic E-state index is 4.31. The van der Waals surface area contributed by atoms with Crippen LogP contribution in [-0.4, -0.2) is 24.7 Å². The summed E-state index contributed by atoms with van der Waals surface area (Å²) in [5, 5.41) is 12.8. The van der Waals surface area contributed by atoms with Crippen LogP contribution in [0, 0.1) is 0 Å². The fourth-order valence-electron chi connectivity index (χ4n) is 1.52. The van der Waals surface area contributed by atoms with Crippen LogP contribution >= 0.6 is 23.1 Å². The number of aromatic nitrogens is 5. The zero-order chi connectivity index (χ0) is 12.4. The lowest BCUT2D eigenvalue weighted by Gasteiger charge is -2.02. The van der Waals surface area contributed by atoms with Gasteiger partial charge in [-0.2, -0.15) is 0 Å². The largest absolute Gasteiger partial charge is 0.304 e. The fraction of sp³-hybridized carbons (Fsp3) is 0.0909. The van der Waals surface area contributed by atoms with Crippen LogP contribution in [-0.2, 0) is 6.54 Å². The van der Waals surface area contributed by atoms with Crippen molar-refractivity contribution in [1.82, 2.24) is 24.7 Å². The molecule has 3 aromatic rings. The highest BCUT2D eigenvalue weighted by atomic mass is 32.2. The average Bonchev–Trinajstić information content (AvgIpc) is 3.00. The summed E-state index contributed by atoms with van der Waals surface area (Å²) in [6.07, 6.45) is 5.08. The van der Waals surface area contributed by atoms with E-state index >= 15 is 0 Å². The molecule has 0 bridgehead atoms. The van der Waals surface area contributed by atoms with Crippen LogP contribution in [0.5, 0.6) is 0 Å². The third-order valence-electron chi connectivity index (χ3n) is 2.32. The molecule has 5 nitrogen and oxygen atoms in total. The lowest BCUT2D eigenvalue weighted by molar-refractivity contribution is 0.724. The van der Waals surface area contributed by atoms with Crippen molar-refractivity contribution in [2.24, 2.45) is 0 Å². The smallest absolute Gasteiger partial charge is 0.197 e. The Morgan fingerprint density at radius 3 is 3.28 bits per heavy atom. The third-order valence-corrected chi connectivity index (χ3v) is 4.16. The summed E-state index contributed by atoms with van der Waals surface area (Å²) >= 11 is 3.10. The van der Waals surface area contributed by atoms with Crippen LogP contribution in [0.1, 0.15) is 0 Å². The van der Waals surface area contributed by atoms with E-state index in [0.29, 0.717) is 6.54 Å². The summed E-state index contributed by atoms with van der Waals surface area (Å²) in [5.41, 5.74) is 0. The number of nitrogens with zero attached hydrogens (tertiary/aromatic N) is 5. The first-order chi connectivity index (χ1) is 8.88. The van der Waals surface area contributed by atoms with Crippen LogP contribution in [0.4, 0.5) is 0 Å². The highest BCUT2D eigenvalue weighted by Gasteiger charge is 2.10. The van der Waals surface area contributed by atoms with E-state index in [9.17, 15) is 0 Å². The van der Waals surface area contributed by atoms with Gasteiger partial charge in [0, 0.05) is 11.9 Å². The highest BCUT2D eigenvalue weighted by molar-refractivity contribution is 7.99. The van der Waals surface area contributed by atoms with Crippen LogP contribution in [0.25, 0.3) is 10.2 Å². The maximum atomic E-state index is 4.31. The minimum absolute atomic E-state index is 0.688. The van der Waals surface area contributed by atoms with Gasteiger partial charge in [0.15, 0.2) is 5.16 Å². The summed E-state index contributed by atoms with van der Waals surface area (Å²) in [6, 6.07) is 2.02. The summed E-state index contributed by atoms with van der Waals surface area (Å²) in [7, 11) is 0. The Labute approximate surface area is 112 Å². The van der Waals surface area contributed by atoms with Crippen molar-refractivity contribution in [2.45, 2.75) is 16.7 Å². The molecule has 0 aliphatic rings. The quantitative estimate of drug-likeness (QED) is 0.541. The second-order valence-electron chi connectivity index (χ2n) is 3.47. The summed E-state index contributed by atoms with van der Waals surface area (Å²) in [6.45, 7) is 4.40. The molecule has 0 radical (unpaired) electrons. The molecule has 3 heterocycles. The average molecular weight is 275 g/mol. The molecule has 0 aliphatic carbocycles. The van der Waals surface area contributed by atoms with Crippen LogP contribution in [0.2, 0.25) is 0 Å². The molecule has 0 N–H and O–H groups in total. The minimum Gasteiger partial charge on any atom is -0.304 e. The first-order valence-corrected chi connectivity index (χ1v) is 6.93. The van der Waals surface area contributed by atoms with E-state index in [1.807, 2.05) is 22.1 Å². The fourth-order valence-corrected chi connectivity index (χ4v) is 3.19. The van der Waals surface area contributed by atoms with Crippen LogP contribution in [0.15, 0.2) is 46.9 Å². The molecular weight excluding hydrogens is 266 g/mol. The van der Waals surface area contributed by atoms with Gasteiger partial charge in [-0.25, -0.2) is 9.97 Å². The van der Waals surface area contributed by atoms with Gasteiger partial charge < -0.3 is 4.57 Å². The van der Waals surface area contributed by atoms with Gasteiger partial charge in [0.1, 0.15) is 22.5 Å². The van der Waals surface area contributed by atoms with Gasteiger partial charge in [-0.05, 0) is 23.2 Å². The van der Waals surface area contributed by atoms with Crippen molar-refractivity contribution in [2.75, 3.05) is 0 Å². The molecule has 0 saturated carbocycles. The standard InChI is InChI=1S/C11H9N5S2/c1-2-4-16-7-14-15-11(16)18-10-8-3-5-17-9(8)12-6-13-10/h2-3,5-7H,1,4H2. The van der Waals surface area contributed by atoms with Crippen molar-refractivity contribution in [3.63, 3.8) is 0 Å². The molecule has 0 spiro atoms. The van der Waals surface area contributed by atoms with Gasteiger partial charge in [0.05, 0.1) is 0 Å². The number of allylic oxidation sites excluding steroid dienone is 1. The Balaban J connectivity index is 1.98. The van der Waals surface area contributed by atoms with E-state index in [2.05, 4.69) is 26.7 Å². The lowest BCUT2D eigenvalue weighted by atomic mass is 10.4. The Morgan fingerprint density at radius 1 is 1.44 bits per heavy atom. The van der Waals surface area contributed by atoms with Gasteiger partial charge in [0.25, 0.3) is 0 Å². The first kappa shape index (κ1) is 11.4. The summed E-state index contributed by atoms with van der Waals surface area (Å²) in [5.74, 6) is 0. The Morgan fingerprint density at radius 2 is 2.39 bits per heavy atom. The molecule has 18 heavy (non-hydrogen) atoms. The Hall–Kier alpha value is -1.73. The Kier molecular flexibility index (Phi) is 3.07. The van der Waals surface area contributed by atoms with E-state index < -0.39 is 0 Å². The van der Waals surface area contributed by atoms with Gasteiger partial charge in [-0.15, -0.1) is 28.1 Å². The summed E-state index contributed by atoms with van der Waals surface area (Å²) in [4.78, 5) is 9.52. The van der Waals surface area contributed by atoms with Crippen molar-refractivity contribution in [3.8, 4) is 0 Å². The SMILES string of the molecule is C=CCn1cnnc1Sc1ncnc2sccc12. The molecule has 0 fully saturated rings. The first-order valence-electron chi connectivity index (χ1n) is 5.23. The number of hydrogen-bond acceptors (Lipinski definition) is 6. The molecule has 0 amide bonds. The summed E-state index contributed by atoms with van der Waals surface area (Å²) < 4.78 is 1.93. The van der Waals surface area contributed by atoms with E-state index in [4.69, 9.17) is 0 Å². The second-order valence-corrected chi connectivity index (χ2v) is 5.33. The molecule has 0 aliphatic heterocycles. The molecule has 90 valence electrons. The predicted molar refractivity (Wildman–Crippen MR) is 71.8 cm³/mol. The molecule has 7 heteroatoms. The molecular formula is C11H9N5S2. The minimum atomic E-state index is 0.688. The van der Waals surface area contributed by atoms with E-state index in [0.717, 1.165) is 20.4 Å². The monoisotopic (exact) mass is 275 g/mol. The van der Waals surface area contributed by atoms with Gasteiger partial charge >= 0.3 is 0 Å². The van der Waals surface area contributed by atoms with E-state index in [1.165, 1.54) is 11.8 Å². The van der Waals surface area contributed by atoms with Crippen molar-refractivity contribution in [1.29, 1.82) is 0 Å². The van der Waals surface area contributed by atoms with Crippen molar-refractivity contribution >= 4 is 33.3 Å². The van der Waals surface area contributed by atoms with Crippen molar-refractivity contribution in [3.05, 3.63) is 36.8 Å². The van der Waals surface area contributed by atoms with E-state index in [1.54, 1.807) is 24.0 Å². The number of rotatable bonds is 4. The molecule has 3 rings (SSSR count). The second kappa shape index (κ2) is 4.87. The Bertz CT molecular complexity index is 687.